The van der Waals surface area contributed by atoms with Crippen molar-refractivity contribution >= 4 is 0 Å². The molecule has 3 nitrogen and oxygen atoms in total. The summed E-state index contributed by atoms with van der Waals surface area (Å²) in [7, 11) is 0. The van der Waals surface area contributed by atoms with Crippen molar-refractivity contribution in [3.05, 3.63) is 94.0 Å². The molecule has 0 saturated carbocycles. The molecule has 1 aliphatic heterocycles. The summed E-state index contributed by atoms with van der Waals surface area (Å²) in [4.78, 5) is 0. The van der Waals surface area contributed by atoms with Gasteiger partial charge in [-0.1, -0.05) is 42.5 Å². The minimum Gasteiger partial charge on any atom is -0.508 e. The van der Waals surface area contributed by atoms with Gasteiger partial charge in [-0.15, -0.1) is 0 Å². The number of ether oxygens (including phenoxy) is 1. The third-order valence-electron chi connectivity index (χ3n) is 7.29. The van der Waals surface area contributed by atoms with Crippen molar-refractivity contribution in [2.45, 2.75) is 56.1 Å². The van der Waals surface area contributed by atoms with Crippen molar-refractivity contribution in [1.82, 2.24) is 0 Å². The Morgan fingerprint density at radius 2 is 1.73 bits per heavy atom. The summed E-state index contributed by atoms with van der Waals surface area (Å²) in [6.45, 7) is 0. The molecule has 4 unspecified atom stereocenters. The summed E-state index contributed by atoms with van der Waals surface area (Å²) in [5, 5.41) is 20.3. The third kappa shape index (κ3) is 2.76. The number of rotatable bonds is 1. The Labute approximate surface area is 177 Å². The minimum atomic E-state index is -0.249. The van der Waals surface area contributed by atoms with Crippen LogP contribution in [0, 0.1) is 0 Å². The maximum atomic E-state index is 10.2. The topological polar surface area (TPSA) is 49.7 Å². The second-order valence-corrected chi connectivity index (χ2v) is 9.00. The first-order valence-electron chi connectivity index (χ1n) is 11.0. The molecule has 1 heterocycles. The lowest BCUT2D eigenvalue weighted by Gasteiger charge is -2.45. The molecule has 3 aromatic rings. The summed E-state index contributed by atoms with van der Waals surface area (Å²) in [6.07, 6.45) is 4.20. The molecular formula is C27H26O3. The lowest BCUT2D eigenvalue weighted by molar-refractivity contribution is 0.120. The van der Waals surface area contributed by atoms with Crippen molar-refractivity contribution in [3.8, 4) is 11.5 Å². The second-order valence-electron chi connectivity index (χ2n) is 9.00. The van der Waals surface area contributed by atoms with Gasteiger partial charge in [-0.3, -0.25) is 0 Å². The first-order valence-corrected chi connectivity index (χ1v) is 11.0. The predicted octanol–water partition coefficient (Wildman–Crippen LogP) is 4.86. The molecule has 3 aliphatic rings. The zero-order chi connectivity index (χ0) is 20.2. The molecule has 0 spiro atoms. The second kappa shape index (κ2) is 6.88. The SMILES string of the molecule is Oc1ccc2c(c1)CCC1Oc3ccc4c(c3C(c3ccccc3)C21)CCC(O)C4. The van der Waals surface area contributed by atoms with Crippen molar-refractivity contribution in [1.29, 1.82) is 0 Å². The minimum absolute atomic E-state index is 0.131. The highest BCUT2D eigenvalue weighted by molar-refractivity contribution is 5.57. The number of aryl methyl sites for hydroxylation is 1. The van der Waals surface area contributed by atoms with Crippen LogP contribution in [0.25, 0.3) is 0 Å². The van der Waals surface area contributed by atoms with Gasteiger partial charge in [0.1, 0.15) is 17.6 Å². The van der Waals surface area contributed by atoms with E-state index in [-0.39, 0.29) is 24.0 Å². The molecule has 0 aromatic heterocycles. The highest BCUT2D eigenvalue weighted by Crippen LogP contribution is 2.54. The Bertz CT molecular complexity index is 1100. The monoisotopic (exact) mass is 398 g/mol. The van der Waals surface area contributed by atoms with E-state index in [0.717, 1.165) is 37.9 Å². The van der Waals surface area contributed by atoms with Gasteiger partial charge in [-0.05, 0) is 78.1 Å². The molecule has 0 saturated heterocycles. The van der Waals surface area contributed by atoms with E-state index in [1.54, 1.807) is 0 Å². The summed E-state index contributed by atoms with van der Waals surface area (Å²) in [5.74, 6) is 1.80. The maximum absolute atomic E-state index is 10.2. The average molecular weight is 399 g/mol. The number of aromatic hydroxyl groups is 1. The van der Waals surface area contributed by atoms with Crippen LogP contribution in [0.4, 0.5) is 0 Å². The van der Waals surface area contributed by atoms with Gasteiger partial charge in [0.2, 0.25) is 0 Å². The fraction of sp³-hybridized carbons (Fsp3) is 0.333. The Morgan fingerprint density at radius 1 is 0.867 bits per heavy atom. The molecule has 2 aliphatic carbocycles. The summed E-state index contributed by atoms with van der Waals surface area (Å²) < 4.78 is 6.64. The summed E-state index contributed by atoms with van der Waals surface area (Å²) in [5.41, 5.74) is 7.81. The highest BCUT2D eigenvalue weighted by atomic mass is 16.5. The molecule has 6 rings (SSSR count). The Hall–Kier alpha value is -2.78. The lowest BCUT2D eigenvalue weighted by atomic mass is 9.66. The molecule has 0 fully saturated rings. The number of fused-ring (bicyclic) bond motifs is 6. The average Bonchev–Trinajstić information content (AvgIpc) is 2.77. The molecule has 30 heavy (non-hydrogen) atoms. The zero-order valence-electron chi connectivity index (χ0n) is 16.9. The van der Waals surface area contributed by atoms with E-state index in [2.05, 4.69) is 48.5 Å². The molecule has 4 atom stereocenters. The van der Waals surface area contributed by atoms with Crippen LogP contribution in [0.1, 0.15) is 58.1 Å². The van der Waals surface area contributed by atoms with Gasteiger partial charge in [-0.25, -0.2) is 0 Å². The van der Waals surface area contributed by atoms with Crippen LogP contribution in [0.3, 0.4) is 0 Å². The fourth-order valence-electron chi connectivity index (χ4n) is 6.00. The standard InChI is InChI=1S/C27H26O3/c28-19-8-10-21-17(14-19)6-12-23-26(21)25(16-4-2-1-3-5-16)27-22-11-9-20(29)15-18(22)7-13-24(27)30-23/h1-6,9,11-12,15,19,24-25,27-29H,7-8,10,13-14H2. The molecular weight excluding hydrogens is 372 g/mol. The molecule has 3 aromatic carbocycles. The van der Waals surface area contributed by atoms with Crippen molar-refractivity contribution < 1.29 is 14.9 Å². The number of phenolic OH excluding ortho intramolecular Hbond substituents is 1. The number of aliphatic hydroxyl groups excluding tert-OH is 1. The fourth-order valence-corrected chi connectivity index (χ4v) is 6.00. The normalized spacial score (nSPS) is 26.6. The predicted molar refractivity (Wildman–Crippen MR) is 116 cm³/mol. The van der Waals surface area contributed by atoms with Crippen LogP contribution in [0.5, 0.6) is 11.5 Å². The third-order valence-corrected chi connectivity index (χ3v) is 7.29. The van der Waals surface area contributed by atoms with E-state index in [1.807, 2.05) is 12.1 Å². The van der Waals surface area contributed by atoms with Gasteiger partial charge in [0.15, 0.2) is 0 Å². The van der Waals surface area contributed by atoms with Crippen LogP contribution in [-0.4, -0.2) is 22.4 Å². The van der Waals surface area contributed by atoms with Crippen molar-refractivity contribution in [2.24, 2.45) is 0 Å². The van der Waals surface area contributed by atoms with Gasteiger partial charge in [0.05, 0.1) is 6.10 Å². The lowest BCUT2D eigenvalue weighted by Crippen LogP contribution is -2.39. The Kier molecular flexibility index (Phi) is 4.14. The molecule has 152 valence electrons. The smallest absolute Gasteiger partial charge is 0.123 e. The van der Waals surface area contributed by atoms with Crippen molar-refractivity contribution in [2.75, 3.05) is 0 Å². The van der Waals surface area contributed by atoms with E-state index in [4.69, 9.17) is 4.74 Å². The molecule has 0 radical (unpaired) electrons. The molecule has 2 N–H and O–H groups in total. The maximum Gasteiger partial charge on any atom is 0.123 e. The zero-order valence-corrected chi connectivity index (χ0v) is 16.9. The molecule has 0 amide bonds. The highest BCUT2D eigenvalue weighted by Gasteiger charge is 2.44. The quantitative estimate of drug-likeness (QED) is 0.615. The van der Waals surface area contributed by atoms with Gasteiger partial charge >= 0.3 is 0 Å². The van der Waals surface area contributed by atoms with Gasteiger partial charge in [0, 0.05) is 17.4 Å². The number of phenols is 1. The van der Waals surface area contributed by atoms with Crippen LogP contribution in [0.2, 0.25) is 0 Å². The van der Waals surface area contributed by atoms with Gasteiger partial charge < -0.3 is 14.9 Å². The first kappa shape index (κ1) is 18.0. The Balaban J connectivity index is 1.59. The van der Waals surface area contributed by atoms with Crippen LogP contribution >= 0.6 is 0 Å². The van der Waals surface area contributed by atoms with Gasteiger partial charge in [-0.2, -0.15) is 0 Å². The van der Waals surface area contributed by atoms with E-state index in [0.29, 0.717) is 5.75 Å². The molecule has 3 heteroatoms. The first-order chi connectivity index (χ1) is 14.7. The van der Waals surface area contributed by atoms with Gasteiger partial charge in [0.25, 0.3) is 0 Å². The summed E-state index contributed by atoms with van der Waals surface area (Å²) in [6, 6.07) is 20.9. The number of hydrogen-bond donors (Lipinski definition) is 2. The van der Waals surface area contributed by atoms with Crippen LogP contribution in [0.15, 0.2) is 60.7 Å². The van der Waals surface area contributed by atoms with E-state index in [1.165, 1.54) is 33.4 Å². The van der Waals surface area contributed by atoms with E-state index in [9.17, 15) is 10.2 Å². The Morgan fingerprint density at radius 3 is 2.60 bits per heavy atom. The number of hydrogen-bond acceptors (Lipinski definition) is 3. The largest absolute Gasteiger partial charge is 0.508 e. The number of aliphatic hydroxyl groups is 1. The summed E-state index contributed by atoms with van der Waals surface area (Å²) >= 11 is 0. The van der Waals surface area contributed by atoms with Crippen LogP contribution in [-0.2, 0) is 19.3 Å². The molecule has 0 bridgehead atoms. The van der Waals surface area contributed by atoms with E-state index < -0.39 is 0 Å². The number of benzene rings is 3. The van der Waals surface area contributed by atoms with Crippen molar-refractivity contribution in [3.63, 3.8) is 0 Å². The van der Waals surface area contributed by atoms with Crippen LogP contribution < -0.4 is 4.74 Å². The van der Waals surface area contributed by atoms with E-state index >= 15 is 0 Å².